The summed E-state index contributed by atoms with van der Waals surface area (Å²) in [6.07, 6.45) is 7.13. The molecule has 3 N–H and O–H groups in total. The molecular weight excluding hydrogens is 388 g/mol. The number of rotatable bonds is 7. The summed E-state index contributed by atoms with van der Waals surface area (Å²) < 4.78 is 6.40. The molecule has 2 aliphatic carbocycles. The average Bonchev–Trinajstić information content (AvgIpc) is 3.28. The highest BCUT2D eigenvalue weighted by molar-refractivity contribution is 7.19. The Morgan fingerprint density at radius 3 is 2.79 bits per heavy atom. The fourth-order valence-corrected chi connectivity index (χ4v) is 6.00. The first-order valence-electron chi connectivity index (χ1n) is 10.6. The number of aromatic nitrogens is 2. The predicted octanol–water partition coefficient (Wildman–Crippen LogP) is 2.60. The number of thiophene rings is 1. The van der Waals surface area contributed by atoms with Crippen molar-refractivity contribution in [2.45, 2.75) is 76.0 Å². The molecule has 2 aromatic rings. The summed E-state index contributed by atoms with van der Waals surface area (Å²) in [6, 6.07) is 0.635. The average molecular weight is 419 g/mol. The third kappa shape index (κ3) is 4.11. The van der Waals surface area contributed by atoms with E-state index in [1.807, 2.05) is 0 Å². The number of amides is 1. The lowest BCUT2D eigenvalue weighted by Gasteiger charge is -2.34. The second-order valence-corrected chi connectivity index (χ2v) is 9.39. The number of aliphatic hydroxyl groups excluding tert-OH is 1. The lowest BCUT2D eigenvalue weighted by Crippen LogP contribution is -2.37. The molecule has 7 nitrogen and oxygen atoms in total. The van der Waals surface area contributed by atoms with E-state index in [2.05, 4.69) is 28.8 Å². The van der Waals surface area contributed by atoms with Gasteiger partial charge >= 0.3 is 0 Å². The van der Waals surface area contributed by atoms with E-state index in [-0.39, 0.29) is 12.0 Å². The Bertz CT molecular complexity index is 878. The van der Waals surface area contributed by atoms with Crippen LogP contribution >= 0.6 is 11.3 Å². The van der Waals surface area contributed by atoms with Crippen molar-refractivity contribution in [2.75, 3.05) is 13.6 Å². The highest BCUT2D eigenvalue weighted by Crippen LogP contribution is 2.47. The Kier molecular flexibility index (Phi) is 6.03. The minimum Gasteiger partial charge on any atom is -0.474 e. The van der Waals surface area contributed by atoms with Crippen LogP contribution in [0.4, 0.5) is 0 Å². The molecule has 0 bridgehead atoms. The molecule has 2 heterocycles. The summed E-state index contributed by atoms with van der Waals surface area (Å²) in [4.78, 5) is 24.9. The first-order valence-corrected chi connectivity index (χ1v) is 11.4. The minimum atomic E-state index is -1.12. The van der Waals surface area contributed by atoms with Crippen LogP contribution in [0.5, 0.6) is 5.88 Å². The number of carbonyl (C=O) groups excluding carboxylic acids is 1. The van der Waals surface area contributed by atoms with Gasteiger partial charge in [-0.3, -0.25) is 4.79 Å². The van der Waals surface area contributed by atoms with E-state index in [4.69, 9.17) is 10.5 Å². The van der Waals surface area contributed by atoms with Crippen molar-refractivity contribution in [3.63, 3.8) is 0 Å². The summed E-state index contributed by atoms with van der Waals surface area (Å²) in [5, 5.41) is 11.0. The van der Waals surface area contributed by atoms with E-state index < -0.39 is 12.0 Å². The SMILES string of the molecule is CCN(C)[C@H]1CC[C@H](Oc2ncnc3sc4c(c23)[C@@H](C[C@@H](O)C(N)=O)CC4)CC1. The number of nitrogens with two attached hydrogens (primary N) is 1. The van der Waals surface area contributed by atoms with Gasteiger partial charge in [0.25, 0.3) is 0 Å². The second-order valence-electron chi connectivity index (χ2n) is 8.31. The number of carbonyl (C=O) groups is 1. The van der Waals surface area contributed by atoms with Gasteiger partial charge in [0, 0.05) is 10.9 Å². The molecular formula is C21H30N4O3S. The van der Waals surface area contributed by atoms with Gasteiger partial charge in [0.05, 0.1) is 5.39 Å². The molecule has 0 aliphatic heterocycles. The number of primary amides is 1. The molecule has 0 aromatic carbocycles. The maximum absolute atomic E-state index is 11.3. The number of ether oxygens (including phenoxy) is 1. The van der Waals surface area contributed by atoms with Crippen LogP contribution in [0.2, 0.25) is 0 Å². The zero-order chi connectivity index (χ0) is 20.5. The number of hydrogen-bond donors (Lipinski definition) is 2. The topological polar surface area (TPSA) is 102 Å². The van der Waals surface area contributed by atoms with Gasteiger partial charge in [-0.1, -0.05) is 6.92 Å². The number of nitrogens with zero attached hydrogens (tertiary/aromatic N) is 3. The molecule has 2 aliphatic rings. The zero-order valence-corrected chi connectivity index (χ0v) is 18.0. The van der Waals surface area contributed by atoms with Gasteiger partial charge in [-0.25, -0.2) is 9.97 Å². The molecule has 4 rings (SSSR count). The summed E-state index contributed by atoms with van der Waals surface area (Å²) >= 11 is 1.67. The van der Waals surface area contributed by atoms with Crippen molar-refractivity contribution in [3.05, 3.63) is 16.8 Å². The van der Waals surface area contributed by atoms with E-state index >= 15 is 0 Å². The largest absolute Gasteiger partial charge is 0.474 e. The van der Waals surface area contributed by atoms with E-state index in [0.717, 1.165) is 60.8 Å². The molecule has 8 heteroatoms. The molecule has 158 valence electrons. The van der Waals surface area contributed by atoms with Crippen molar-refractivity contribution in [2.24, 2.45) is 5.73 Å². The first-order chi connectivity index (χ1) is 14.0. The third-order valence-electron chi connectivity index (χ3n) is 6.58. The van der Waals surface area contributed by atoms with Gasteiger partial charge in [0.15, 0.2) is 0 Å². The Morgan fingerprint density at radius 1 is 1.34 bits per heavy atom. The molecule has 1 amide bonds. The van der Waals surface area contributed by atoms with E-state index in [9.17, 15) is 9.90 Å². The maximum Gasteiger partial charge on any atom is 0.246 e. The molecule has 0 unspecified atom stereocenters. The molecule has 1 fully saturated rings. The Hall–Kier alpha value is -1.77. The second kappa shape index (κ2) is 8.53. The van der Waals surface area contributed by atoms with Gasteiger partial charge in [-0.2, -0.15) is 0 Å². The molecule has 1 saturated carbocycles. The zero-order valence-electron chi connectivity index (χ0n) is 17.1. The van der Waals surface area contributed by atoms with Crippen LogP contribution in [-0.4, -0.2) is 57.7 Å². The van der Waals surface area contributed by atoms with Crippen molar-refractivity contribution in [1.82, 2.24) is 14.9 Å². The van der Waals surface area contributed by atoms with Crippen molar-refractivity contribution >= 4 is 27.5 Å². The quantitative estimate of drug-likeness (QED) is 0.717. The molecule has 2 aromatic heterocycles. The van der Waals surface area contributed by atoms with Crippen LogP contribution in [0.3, 0.4) is 0 Å². The van der Waals surface area contributed by atoms with Gasteiger partial charge in [-0.15, -0.1) is 11.3 Å². The number of hydrogen-bond acceptors (Lipinski definition) is 7. The number of aryl methyl sites for hydroxylation is 1. The number of fused-ring (bicyclic) bond motifs is 3. The molecule has 29 heavy (non-hydrogen) atoms. The highest BCUT2D eigenvalue weighted by atomic mass is 32.1. The van der Waals surface area contributed by atoms with Gasteiger partial charge in [0.1, 0.15) is 23.4 Å². The first kappa shape index (κ1) is 20.5. The third-order valence-corrected chi connectivity index (χ3v) is 7.75. The van der Waals surface area contributed by atoms with E-state index in [1.165, 1.54) is 4.88 Å². The molecule has 0 saturated heterocycles. The van der Waals surface area contributed by atoms with Crippen molar-refractivity contribution in [1.29, 1.82) is 0 Å². The monoisotopic (exact) mass is 418 g/mol. The Morgan fingerprint density at radius 2 is 2.10 bits per heavy atom. The fraction of sp³-hybridized carbons (Fsp3) is 0.667. The minimum absolute atomic E-state index is 0.0866. The maximum atomic E-state index is 11.3. The predicted molar refractivity (Wildman–Crippen MR) is 113 cm³/mol. The Labute approximate surface area is 175 Å². The number of aliphatic hydroxyl groups is 1. The van der Waals surface area contributed by atoms with Crippen molar-refractivity contribution in [3.8, 4) is 5.88 Å². The fourth-order valence-electron chi connectivity index (χ4n) is 4.77. The molecule has 0 spiro atoms. The van der Waals surface area contributed by atoms with Crippen molar-refractivity contribution < 1.29 is 14.6 Å². The van der Waals surface area contributed by atoms with Gasteiger partial charge in [0.2, 0.25) is 11.8 Å². The van der Waals surface area contributed by atoms with Crippen LogP contribution in [0, 0.1) is 0 Å². The summed E-state index contributed by atoms with van der Waals surface area (Å²) in [5.41, 5.74) is 6.43. The van der Waals surface area contributed by atoms with Crippen LogP contribution in [-0.2, 0) is 11.2 Å². The van der Waals surface area contributed by atoms with E-state index in [1.54, 1.807) is 17.7 Å². The lowest BCUT2D eigenvalue weighted by molar-refractivity contribution is -0.126. The summed E-state index contributed by atoms with van der Waals surface area (Å²) in [7, 11) is 2.19. The highest BCUT2D eigenvalue weighted by Gasteiger charge is 2.33. The van der Waals surface area contributed by atoms with Gasteiger partial charge < -0.3 is 20.5 Å². The van der Waals surface area contributed by atoms with Crippen LogP contribution in [0.25, 0.3) is 10.2 Å². The van der Waals surface area contributed by atoms with Crippen LogP contribution in [0.1, 0.15) is 61.8 Å². The summed E-state index contributed by atoms with van der Waals surface area (Å²) in [5.74, 6) is 0.0725. The van der Waals surface area contributed by atoms with Crippen LogP contribution in [0.15, 0.2) is 6.33 Å². The van der Waals surface area contributed by atoms with Crippen LogP contribution < -0.4 is 10.5 Å². The Balaban J connectivity index is 1.55. The molecule has 0 radical (unpaired) electrons. The molecule has 2 atom stereocenters. The normalized spacial score (nSPS) is 25.3. The summed E-state index contributed by atoms with van der Waals surface area (Å²) in [6.45, 7) is 3.27. The lowest BCUT2D eigenvalue weighted by atomic mass is 9.92. The standard InChI is InChI=1S/C21H30N4O3S/c1-3-25(2)13-5-7-14(8-6-13)28-20-18-17-12(10-15(26)19(22)27)4-9-16(17)29-21(18)24-11-23-20/h11-15,26H,3-10H2,1-2H3,(H2,22,27)/t12-,13-,14-,15-/m1/s1. The van der Waals surface area contributed by atoms with E-state index in [0.29, 0.717) is 18.3 Å². The van der Waals surface area contributed by atoms with Gasteiger partial charge in [-0.05, 0) is 70.0 Å². The smallest absolute Gasteiger partial charge is 0.246 e.